The van der Waals surface area contributed by atoms with Crippen molar-refractivity contribution in [3.8, 4) is 11.5 Å². The maximum atomic E-state index is 11.5. The van der Waals surface area contributed by atoms with E-state index in [0.717, 1.165) is 50.4 Å². The van der Waals surface area contributed by atoms with Crippen molar-refractivity contribution >= 4 is 33.3 Å². The van der Waals surface area contributed by atoms with Crippen molar-refractivity contribution in [2.24, 2.45) is 0 Å². The maximum absolute atomic E-state index is 11.5. The molecule has 0 spiro atoms. The number of fused-ring (bicyclic) bond motifs is 2. The summed E-state index contributed by atoms with van der Waals surface area (Å²) in [5.74, 6) is 0.0375. The Bertz CT molecular complexity index is 1740. The number of rotatable bonds is 9. The van der Waals surface area contributed by atoms with Gasteiger partial charge < -0.3 is 19.4 Å². The van der Waals surface area contributed by atoms with Crippen molar-refractivity contribution in [3.63, 3.8) is 0 Å². The summed E-state index contributed by atoms with van der Waals surface area (Å²) in [6.07, 6.45) is 1.10. The number of para-hydroxylation sites is 2. The molecule has 0 saturated heterocycles. The van der Waals surface area contributed by atoms with Gasteiger partial charge in [0.2, 0.25) is 0 Å². The van der Waals surface area contributed by atoms with Crippen LogP contribution in [0.25, 0.3) is 27.4 Å². The van der Waals surface area contributed by atoms with Crippen molar-refractivity contribution in [2.45, 2.75) is 13.2 Å². The van der Waals surface area contributed by atoms with Crippen LogP contribution in [0.1, 0.15) is 22.5 Å². The number of pyridine rings is 2. The minimum Gasteiger partial charge on any atom is -0.545 e. The fourth-order valence-electron chi connectivity index (χ4n) is 4.60. The van der Waals surface area contributed by atoms with E-state index in [1.54, 1.807) is 0 Å². The van der Waals surface area contributed by atoms with Gasteiger partial charge in [0, 0.05) is 10.8 Å². The fourth-order valence-corrected chi connectivity index (χ4v) is 4.60. The third-order valence-corrected chi connectivity index (χ3v) is 6.68. The molecule has 0 bridgehead atoms. The SMILES string of the molecule is O=C([O-])C=C(c1ccc(OCc2ccc3ccccc3n2)cc1)c1ccc(OCc2ccc3ccccc3n2)cc1.[Na+]. The Labute approximate surface area is 265 Å². The van der Waals surface area contributed by atoms with E-state index in [1.165, 1.54) is 0 Å². The molecule has 6 aromatic rings. The molecule has 2 aromatic heterocycles. The maximum Gasteiger partial charge on any atom is 1.00 e. The summed E-state index contributed by atoms with van der Waals surface area (Å²) in [4.78, 5) is 20.8. The van der Waals surface area contributed by atoms with Crippen LogP contribution >= 0.6 is 0 Å². The number of ether oxygens (including phenoxy) is 2. The molecule has 7 heteroatoms. The topological polar surface area (TPSA) is 84.4 Å². The summed E-state index contributed by atoms with van der Waals surface area (Å²) in [5, 5.41) is 13.7. The van der Waals surface area contributed by atoms with Crippen LogP contribution in [0.3, 0.4) is 0 Å². The van der Waals surface area contributed by atoms with Gasteiger partial charge in [-0.3, -0.25) is 0 Å². The standard InChI is InChI=1S/C35H26N2O4.Na/c38-35(39)21-32(24-11-17-30(18-12-24)40-22-28-15-9-26-5-1-3-7-33(26)36-28)25-13-19-31(20-14-25)41-23-29-16-10-27-6-2-4-8-34(27)37-29;/h1-21H,22-23H2,(H,38,39);/q;+1/p-1. The number of carboxylic acid groups (broad SMARTS) is 1. The Morgan fingerprint density at radius 1 is 0.595 bits per heavy atom. The molecule has 200 valence electrons. The van der Waals surface area contributed by atoms with Gasteiger partial charge in [0.25, 0.3) is 0 Å². The fraction of sp³-hybridized carbons (Fsp3) is 0.0571. The molecular formula is C35H25N2NaO4. The van der Waals surface area contributed by atoms with E-state index >= 15 is 0 Å². The predicted molar refractivity (Wildman–Crippen MR) is 157 cm³/mol. The molecule has 6 nitrogen and oxygen atoms in total. The molecule has 0 aliphatic rings. The summed E-state index contributed by atoms with van der Waals surface area (Å²) < 4.78 is 11.9. The van der Waals surface area contributed by atoms with Gasteiger partial charge in [-0.15, -0.1) is 0 Å². The van der Waals surface area contributed by atoms with Crippen molar-refractivity contribution in [3.05, 3.63) is 150 Å². The first-order valence-electron chi connectivity index (χ1n) is 13.2. The average Bonchev–Trinajstić information content (AvgIpc) is 3.02. The van der Waals surface area contributed by atoms with E-state index in [1.807, 2.05) is 121 Å². The molecule has 0 radical (unpaired) electrons. The summed E-state index contributed by atoms with van der Waals surface area (Å²) in [6, 6.07) is 38.4. The number of hydrogen-bond acceptors (Lipinski definition) is 6. The number of benzene rings is 4. The van der Waals surface area contributed by atoms with Crippen molar-refractivity contribution in [1.29, 1.82) is 0 Å². The average molecular weight is 561 g/mol. The zero-order valence-corrected chi connectivity index (χ0v) is 25.1. The molecule has 0 N–H and O–H groups in total. The van der Waals surface area contributed by atoms with Gasteiger partial charge in [0.15, 0.2) is 0 Å². The summed E-state index contributed by atoms with van der Waals surface area (Å²) in [5.41, 5.74) is 5.45. The zero-order chi connectivity index (χ0) is 28.0. The number of carbonyl (C=O) groups excluding carboxylic acids is 1. The van der Waals surface area contributed by atoms with Crippen LogP contribution in [-0.4, -0.2) is 15.9 Å². The van der Waals surface area contributed by atoms with Crippen LogP contribution in [0.15, 0.2) is 127 Å². The molecule has 0 aliphatic heterocycles. The van der Waals surface area contributed by atoms with E-state index in [9.17, 15) is 9.90 Å². The zero-order valence-electron chi connectivity index (χ0n) is 23.1. The summed E-state index contributed by atoms with van der Waals surface area (Å²) in [6.45, 7) is 0.643. The number of aliphatic carboxylic acids is 1. The first-order chi connectivity index (χ1) is 20.1. The normalized spacial score (nSPS) is 10.6. The van der Waals surface area contributed by atoms with Crippen LogP contribution in [0.2, 0.25) is 0 Å². The number of nitrogens with zero attached hydrogens (tertiary/aromatic N) is 2. The molecular weight excluding hydrogens is 535 g/mol. The van der Waals surface area contributed by atoms with E-state index in [-0.39, 0.29) is 29.6 Å². The van der Waals surface area contributed by atoms with E-state index in [0.29, 0.717) is 30.3 Å². The molecule has 0 unspecified atom stereocenters. The Kier molecular flexibility index (Phi) is 9.29. The molecule has 4 aromatic carbocycles. The number of aromatic nitrogens is 2. The minimum atomic E-state index is -1.27. The smallest absolute Gasteiger partial charge is 0.545 e. The van der Waals surface area contributed by atoms with Crippen LogP contribution in [0, 0.1) is 0 Å². The van der Waals surface area contributed by atoms with Gasteiger partial charge in [0.05, 0.1) is 28.4 Å². The Balaban J connectivity index is 0.00000353. The van der Waals surface area contributed by atoms with Crippen LogP contribution in [-0.2, 0) is 18.0 Å². The Morgan fingerprint density at radius 2 is 1.02 bits per heavy atom. The van der Waals surface area contributed by atoms with E-state index < -0.39 is 5.97 Å². The third kappa shape index (κ3) is 7.04. The van der Waals surface area contributed by atoms with Crippen molar-refractivity contribution in [1.82, 2.24) is 9.97 Å². The number of carboxylic acids is 1. The second-order valence-corrected chi connectivity index (χ2v) is 9.49. The number of hydrogen-bond donors (Lipinski definition) is 0. The quantitative estimate of drug-likeness (QED) is 0.200. The van der Waals surface area contributed by atoms with Crippen LogP contribution in [0.4, 0.5) is 0 Å². The van der Waals surface area contributed by atoms with Gasteiger partial charge in [-0.25, -0.2) is 9.97 Å². The third-order valence-electron chi connectivity index (χ3n) is 6.68. The van der Waals surface area contributed by atoms with E-state index in [4.69, 9.17) is 9.47 Å². The monoisotopic (exact) mass is 560 g/mol. The van der Waals surface area contributed by atoms with Crippen molar-refractivity contribution in [2.75, 3.05) is 0 Å². The Hall–Kier alpha value is -4.49. The second kappa shape index (κ2) is 13.4. The number of carbonyl (C=O) groups is 1. The molecule has 6 rings (SSSR count). The van der Waals surface area contributed by atoms with Gasteiger partial charge in [-0.05, 0) is 71.3 Å². The van der Waals surface area contributed by atoms with Gasteiger partial charge in [-0.2, -0.15) is 0 Å². The first kappa shape index (κ1) is 29.0. The molecule has 0 aliphatic carbocycles. The van der Waals surface area contributed by atoms with Crippen LogP contribution < -0.4 is 44.1 Å². The van der Waals surface area contributed by atoms with Gasteiger partial charge in [0.1, 0.15) is 24.7 Å². The molecule has 0 saturated carbocycles. The molecule has 0 fully saturated rings. The molecule has 2 heterocycles. The molecule has 42 heavy (non-hydrogen) atoms. The first-order valence-corrected chi connectivity index (χ1v) is 13.2. The molecule has 0 atom stereocenters. The van der Waals surface area contributed by atoms with Gasteiger partial charge in [-0.1, -0.05) is 72.8 Å². The molecule has 0 amide bonds. The minimum absolute atomic E-state index is 0. The van der Waals surface area contributed by atoms with Gasteiger partial charge >= 0.3 is 29.6 Å². The largest absolute Gasteiger partial charge is 1.00 e. The Morgan fingerprint density at radius 3 is 1.45 bits per heavy atom. The summed E-state index contributed by atoms with van der Waals surface area (Å²) in [7, 11) is 0. The second-order valence-electron chi connectivity index (χ2n) is 9.49. The summed E-state index contributed by atoms with van der Waals surface area (Å²) >= 11 is 0. The predicted octanol–water partition coefficient (Wildman–Crippen LogP) is 3.13. The van der Waals surface area contributed by atoms with Crippen LogP contribution in [0.5, 0.6) is 11.5 Å². The van der Waals surface area contributed by atoms with E-state index in [2.05, 4.69) is 9.97 Å². The van der Waals surface area contributed by atoms with Crippen molar-refractivity contribution < 1.29 is 48.9 Å².